The number of benzene rings is 1. The molecule has 0 bridgehead atoms. The molecule has 1 aromatic carbocycles. The van der Waals surface area contributed by atoms with Crippen LogP contribution in [0.15, 0.2) is 23.1 Å². The largest absolute Gasteiger partial charge is 0.365 e. The molecule has 1 atom stereocenters. The molecule has 9 heteroatoms. The van der Waals surface area contributed by atoms with Crippen LogP contribution in [0.2, 0.25) is 0 Å². The molecular weight excluding hydrogens is 350 g/mol. The van der Waals surface area contributed by atoms with Gasteiger partial charge in [-0.25, -0.2) is 13.4 Å². The lowest BCUT2D eigenvalue weighted by molar-refractivity contribution is -0.141. The fourth-order valence-electron chi connectivity index (χ4n) is 2.61. The summed E-state index contributed by atoms with van der Waals surface area (Å²) < 4.78 is 30.2. The first-order chi connectivity index (χ1) is 11.3. The number of sulfone groups is 1. The Morgan fingerprint density at radius 3 is 2.83 bits per heavy atom. The minimum Gasteiger partial charge on any atom is -0.365 e. The minimum atomic E-state index is -3.34. The predicted octanol–water partition coefficient (Wildman–Crippen LogP) is 0.993. The molecule has 24 heavy (non-hydrogen) atoms. The molecule has 1 fully saturated rings. The summed E-state index contributed by atoms with van der Waals surface area (Å²) in [6.45, 7) is 1.45. The van der Waals surface area contributed by atoms with Crippen LogP contribution in [-0.4, -0.2) is 70.4 Å². The van der Waals surface area contributed by atoms with Crippen LogP contribution in [0.3, 0.4) is 0 Å². The first kappa shape index (κ1) is 17.1. The quantitative estimate of drug-likeness (QED) is 0.803. The molecule has 1 aromatic heterocycles. The molecular formula is C15H19N3O4S2. The summed E-state index contributed by atoms with van der Waals surface area (Å²) in [4.78, 5) is 20.4. The van der Waals surface area contributed by atoms with E-state index in [4.69, 9.17) is 4.74 Å². The average Bonchev–Trinajstić information content (AvgIpc) is 2.97. The van der Waals surface area contributed by atoms with Crippen molar-refractivity contribution in [2.45, 2.75) is 11.0 Å². The van der Waals surface area contributed by atoms with Crippen molar-refractivity contribution in [3.63, 3.8) is 0 Å². The van der Waals surface area contributed by atoms with Crippen molar-refractivity contribution in [2.75, 3.05) is 44.9 Å². The lowest BCUT2D eigenvalue weighted by Gasteiger charge is -2.33. The number of nitrogens with zero attached hydrogens (tertiary/aromatic N) is 3. The fourth-order valence-corrected chi connectivity index (χ4v) is 4.53. The molecule has 1 aliphatic heterocycles. The van der Waals surface area contributed by atoms with Gasteiger partial charge in [0.15, 0.2) is 21.1 Å². The van der Waals surface area contributed by atoms with E-state index in [9.17, 15) is 13.2 Å². The first-order valence-corrected chi connectivity index (χ1v) is 10.2. The van der Waals surface area contributed by atoms with Crippen LogP contribution in [0.5, 0.6) is 0 Å². The van der Waals surface area contributed by atoms with E-state index in [2.05, 4.69) is 4.98 Å². The van der Waals surface area contributed by atoms with Crippen molar-refractivity contribution >= 4 is 42.4 Å². The van der Waals surface area contributed by atoms with Gasteiger partial charge in [-0.1, -0.05) is 17.4 Å². The summed E-state index contributed by atoms with van der Waals surface area (Å²) in [5.41, 5.74) is 0.488. The maximum absolute atomic E-state index is 12.1. The summed E-state index contributed by atoms with van der Waals surface area (Å²) in [5, 5.41) is 0.709. The molecule has 0 radical (unpaired) electrons. The normalized spacial score (nSPS) is 18.8. The predicted molar refractivity (Wildman–Crippen MR) is 93.4 cm³/mol. The van der Waals surface area contributed by atoms with Gasteiger partial charge in [0.1, 0.15) is 5.52 Å². The smallest absolute Gasteiger partial charge is 0.253 e. The SMILES string of the molecule is CN(C)C(=O)C1CN(c2nc3c(S(C)(=O)=O)cccc3s2)CCO1. The molecule has 0 N–H and O–H groups in total. The van der Waals surface area contributed by atoms with Crippen molar-refractivity contribution in [1.29, 1.82) is 0 Å². The van der Waals surface area contributed by atoms with Crippen molar-refractivity contribution < 1.29 is 17.9 Å². The van der Waals surface area contributed by atoms with Crippen LogP contribution in [0.1, 0.15) is 0 Å². The monoisotopic (exact) mass is 369 g/mol. The molecule has 1 amide bonds. The molecule has 0 saturated carbocycles. The van der Waals surface area contributed by atoms with Gasteiger partial charge in [-0.2, -0.15) is 0 Å². The van der Waals surface area contributed by atoms with E-state index >= 15 is 0 Å². The van der Waals surface area contributed by atoms with E-state index in [-0.39, 0.29) is 10.8 Å². The number of anilines is 1. The third-order valence-electron chi connectivity index (χ3n) is 3.82. The third-order valence-corrected chi connectivity index (χ3v) is 6.03. The molecule has 0 spiro atoms. The maximum atomic E-state index is 12.1. The molecule has 0 aliphatic carbocycles. The van der Waals surface area contributed by atoms with Gasteiger partial charge in [-0.3, -0.25) is 4.79 Å². The number of para-hydroxylation sites is 1. The topological polar surface area (TPSA) is 79.8 Å². The van der Waals surface area contributed by atoms with E-state index in [0.717, 1.165) is 4.70 Å². The van der Waals surface area contributed by atoms with E-state index in [0.29, 0.717) is 30.3 Å². The van der Waals surface area contributed by atoms with Gasteiger partial charge in [0.05, 0.1) is 22.7 Å². The van der Waals surface area contributed by atoms with Gasteiger partial charge >= 0.3 is 0 Å². The molecule has 130 valence electrons. The third kappa shape index (κ3) is 3.24. The Hall–Kier alpha value is -1.71. The Kier molecular flexibility index (Phi) is 4.50. The number of ether oxygens (including phenoxy) is 1. The van der Waals surface area contributed by atoms with Crippen molar-refractivity contribution in [2.24, 2.45) is 0 Å². The second kappa shape index (κ2) is 6.30. The second-order valence-corrected chi connectivity index (χ2v) is 8.90. The zero-order chi connectivity index (χ0) is 17.5. The number of hydrogen-bond donors (Lipinski definition) is 0. The van der Waals surface area contributed by atoms with Crippen molar-refractivity contribution in [1.82, 2.24) is 9.88 Å². The number of likely N-dealkylation sites (N-methyl/N-ethyl adjacent to an activating group) is 1. The number of thiazole rings is 1. The highest BCUT2D eigenvalue weighted by molar-refractivity contribution is 7.91. The highest BCUT2D eigenvalue weighted by atomic mass is 32.2. The Morgan fingerprint density at radius 2 is 2.17 bits per heavy atom. The second-order valence-electron chi connectivity index (χ2n) is 5.91. The molecule has 1 unspecified atom stereocenters. The van der Waals surface area contributed by atoms with Gasteiger partial charge in [0.25, 0.3) is 5.91 Å². The van der Waals surface area contributed by atoms with Crippen LogP contribution in [-0.2, 0) is 19.4 Å². The zero-order valence-corrected chi connectivity index (χ0v) is 15.4. The maximum Gasteiger partial charge on any atom is 0.253 e. The number of carbonyl (C=O) groups excluding carboxylic acids is 1. The van der Waals surface area contributed by atoms with Crippen LogP contribution in [0.4, 0.5) is 5.13 Å². The van der Waals surface area contributed by atoms with Crippen LogP contribution < -0.4 is 4.90 Å². The molecule has 3 rings (SSSR count). The standard InChI is InChI=1S/C15H19N3O4S2/c1-17(2)14(19)10-9-18(7-8-22-10)15-16-13-11(23-15)5-4-6-12(13)24(3,20)21/h4-6,10H,7-9H2,1-3H3. The molecule has 2 heterocycles. The highest BCUT2D eigenvalue weighted by Crippen LogP contribution is 2.33. The number of rotatable bonds is 3. The zero-order valence-electron chi connectivity index (χ0n) is 13.7. The molecule has 7 nitrogen and oxygen atoms in total. The van der Waals surface area contributed by atoms with Gasteiger partial charge in [0.2, 0.25) is 0 Å². The van der Waals surface area contributed by atoms with Crippen LogP contribution in [0.25, 0.3) is 10.2 Å². The number of amides is 1. The fraction of sp³-hybridized carbons (Fsp3) is 0.467. The van der Waals surface area contributed by atoms with E-state index in [1.165, 1.54) is 22.5 Å². The van der Waals surface area contributed by atoms with Crippen LogP contribution >= 0.6 is 11.3 Å². The van der Waals surface area contributed by atoms with E-state index in [1.54, 1.807) is 26.2 Å². The van der Waals surface area contributed by atoms with Gasteiger partial charge in [0, 0.05) is 26.9 Å². The first-order valence-electron chi connectivity index (χ1n) is 7.44. The summed E-state index contributed by atoms with van der Waals surface area (Å²) in [5.74, 6) is -0.0855. The summed E-state index contributed by atoms with van der Waals surface area (Å²) >= 11 is 1.43. The van der Waals surface area contributed by atoms with E-state index < -0.39 is 15.9 Å². The number of morpholine rings is 1. The van der Waals surface area contributed by atoms with Crippen molar-refractivity contribution in [3.05, 3.63) is 18.2 Å². The Balaban J connectivity index is 1.94. The van der Waals surface area contributed by atoms with Crippen molar-refractivity contribution in [3.8, 4) is 0 Å². The summed E-state index contributed by atoms with van der Waals surface area (Å²) in [6, 6.07) is 5.14. The number of hydrogen-bond acceptors (Lipinski definition) is 7. The molecule has 1 aliphatic rings. The molecule has 1 saturated heterocycles. The number of carbonyl (C=O) groups is 1. The average molecular weight is 369 g/mol. The Labute approximate surface area is 144 Å². The number of fused-ring (bicyclic) bond motifs is 1. The van der Waals surface area contributed by atoms with Gasteiger partial charge in [-0.15, -0.1) is 0 Å². The lowest BCUT2D eigenvalue weighted by atomic mass is 10.2. The molecule has 2 aromatic rings. The highest BCUT2D eigenvalue weighted by Gasteiger charge is 2.29. The number of aromatic nitrogens is 1. The Morgan fingerprint density at radius 1 is 1.42 bits per heavy atom. The summed E-state index contributed by atoms with van der Waals surface area (Å²) in [6.07, 6.45) is 0.650. The lowest BCUT2D eigenvalue weighted by Crippen LogP contribution is -2.49. The van der Waals surface area contributed by atoms with E-state index in [1.807, 2.05) is 11.0 Å². The minimum absolute atomic E-state index is 0.0855. The Bertz CT molecular complexity index is 876. The summed E-state index contributed by atoms with van der Waals surface area (Å²) in [7, 11) is 0.0482. The van der Waals surface area contributed by atoms with Crippen LogP contribution in [0, 0.1) is 0 Å². The van der Waals surface area contributed by atoms with Gasteiger partial charge in [-0.05, 0) is 12.1 Å². The van der Waals surface area contributed by atoms with Gasteiger partial charge < -0.3 is 14.5 Å².